The van der Waals surface area contributed by atoms with E-state index in [-0.39, 0.29) is 36.5 Å². The minimum atomic E-state index is -0.344. The Balaban J connectivity index is 1.52. The van der Waals surface area contributed by atoms with Gasteiger partial charge in [-0.2, -0.15) is 0 Å². The first-order valence-corrected chi connectivity index (χ1v) is 7.75. The lowest BCUT2D eigenvalue weighted by Crippen LogP contribution is -2.34. The van der Waals surface area contributed by atoms with Crippen molar-refractivity contribution in [1.29, 1.82) is 0 Å². The molecule has 0 saturated heterocycles. The number of nitrogens with one attached hydrogen (secondary N) is 2. The molecule has 7 heteroatoms. The molecule has 0 spiro atoms. The maximum absolute atomic E-state index is 13.6. The van der Waals surface area contributed by atoms with Crippen LogP contribution in [0.2, 0.25) is 0 Å². The van der Waals surface area contributed by atoms with E-state index in [2.05, 4.69) is 10.6 Å². The average molecular weight is 332 g/mol. The van der Waals surface area contributed by atoms with Gasteiger partial charge in [-0.05, 0) is 30.3 Å². The van der Waals surface area contributed by atoms with Crippen molar-refractivity contribution in [2.24, 2.45) is 0 Å². The van der Waals surface area contributed by atoms with Crippen LogP contribution in [0.15, 0.2) is 47.1 Å². The summed E-state index contributed by atoms with van der Waals surface area (Å²) in [4.78, 5) is 24.1. The molecule has 1 aromatic carbocycles. The molecule has 0 bridgehead atoms. The van der Waals surface area contributed by atoms with Gasteiger partial charge in [-0.1, -0.05) is 6.07 Å². The quantitative estimate of drug-likeness (QED) is 0.706. The Labute approximate surface area is 135 Å². The minimum Gasteiger partial charge on any atom is -0.459 e. The smallest absolute Gasteiger partial charge is 0.287 e. The molecule has 0 atom stereocenters. The zero-order valence-electron chi connectivity index (χ0n) is 12.0. The third kappa shape index (κ3) is 3.40. The first kappa shape index (κ1) is 15.2. The maximum atomic E-state index is 13.6. The monoisotopic (exact) mass is 332 g/mol. The number of rotatable bonds is 5. The molecule has 0 saturated carbocycles. The summed E-state index contributed by atoms with van der Waals surface area (Å²) in [6, 6.07) is 9.45. The number of halogens is 1. The first-order chi connectivity index (χ1) is 11.1. The molecule has 2 heterocycles. The molecule has 0 fully saturated rings. The number of amides is 2. The predicted molar refractivity (Wildman–Crippen MR) is 85.2 cm³/mol. The zero-order valence-corrected chi connectivity index (χ0v) is 12.8. The number of benzene rings is 1. The van der Waals surface area contributed by atoms with Gasteiger partial charge in [0.05, 0.1) is 11.1 Å². The minimum absolute atomic E-state index is 0.219. The van der Waals surface area contributed by atoms with E-state index in [1.807, 2.05) is 0 Å². The van der Waals surface area contributed by atoms with Gasteiger partial charge in [0.25, 0.3) is 11.8 Å². The Kier molecular flexibility index (Phi) is 4.38. The highest BCUT2D eigenvalue weighted by Gasteiger charge is 2.12. The van der Waals surface area contributed by atoms with Crippen molar-refractivity contribution in [3.8, 4) is 0 Å². The van der Waals surface area contributed by atoms with Crippen LogP contribution < -0.4 is 10.6 Å². The van der Waals surface area contributed by atoms with Crippen LogP contribution in [0.3, 0.4) is 0 Å². The summed E-state index contributed by atoms with van der Waals surface area (Å²) in [5.41, 5.74) is 0. The van der Waals surface area contributed by atoms with E-state index in [1.54, 1.807) is 24.3 Å². The van der Waals surface area contributed by atoms with Crippen molar-refractivity contribution >= 4 is 33.2 Å². The van der Waals surface area contributed by atoms with Crippen LogP contribution >= 0.6 is 11.3 Å². The summed E-state index contributed by atoms with van der Waals surface area (Å²) in [5.74, 6) is -0.758. The lowest BCUT2D eigenvalue weighted by atomic mass is 10.2. The van der Waals surface area contributed by atoms with Gasteiger partial charge in [0, 0.05) is 23.2 Å². The number of carbonyl (C=O) groups excluding carboxylic acids is 2. The number of hydrogen-bond donors (Lipinski definition) is 2. The highest BCUT2D eigenvalue weighted by Crippen LogP contribution is 2.27. The molecular formula is C16H13FN2O3S. The van der Waals surface area contributed by atoms with Crippen molar-refractivity contribution in [3.05, 3.63) is 59.1 Å². The maximum Gasteiger partial charge on any atom is 0.287 e. The molecule has 0 aliphatic rings. The van der Waals surface area contributed by atoms with E-state index in [0.29, 0.717) is 10.3 Å². The fourth-order valence-electron chi connectivity index (χ4n) is 2.07. The molecular weight excluding hydrogens is 319 g/mol. The summed E-state index contributed by atoms with van der Waals surface area (Å²) in [5, 5.41) is 5.75. The Hall–Kier alpha value is -2.67. The standard InChI is InChI=1S/C16H13FN2O3S/c17-11-3-1-5-13-10(11)9-14(23-13)16(21)19-7-6-18-15(20)12-4-2-8-22-12/h1-5,8-9H,6-7H2,(H,18,20)(H,19,21). The van der Waals surface area contributed by atoms with Crippen LogP contribution in [0.5, 0.6) is 0 Å². The number of carbonyl (C=O) groups is 2. The van der Waals surface area contributed by atoms with Crippen molar-refractivity contribution < 1.29 is 18.4 Å². The van der Waals surface area contributed by atoms with E-state index >= 15 is 0 Å². The van der Waals surface area contributed by atoms with E-state index in [0.717, 1.165) is 4.70 Å². The summed E-state index contributed by atoms with van der Waals surface area (Å²) in [7, 11) is 0. The molecule has 0 aliphatic heterocycles. The van der Waals surface area contributed by atoms with E-state index in [4.69, 9.17) is 4.42 Å². The number of fused-ring (bicyclic) bond motifs is 1. The van der Waals surface area contributed by atoms with E-state index < -0.39 is 0 Å². The van der Waals surface area contributed by atoms with Crippen molar-refractivity contribution in [2.75, 3.05) is 13.1 Å². The molecule has 0 radical (unpaired) electrons. The third-order valence-electron chi connectivity index (χ3n) is 3.17. The van der Waals surface area contributed by atoms with Gasteiger partial charge >= 0.3 is 0 Å². The predicted octanol–water partition coefficient (Wildman–Crippen LogP) is 2.79. The molecule has 0 unspecified atom stereocenters. The molecule has 118 valence electrons. The molecule has 3 aromatic rings. The van der Waals surface area contributed by atoms with Gasteiger partial charge in [-0.3, -0.25) is 9.59 Å². The normalized spacial score (nSPS) is 10.7. The van der Waals surface area contributed by atoms with Crippen molar-refractivity contribution in [2.45, 2.75) is 0 Å². The Morgan fingerprint density at radius 2 is 1.87 bits per heavy atom. The second-order valence-corrected chi connectivity index (χ2v) is 5.84. The van der Waals surface area contributed by atoms with Gasteiger partial charge in [-0.15, -0.1) is 11.3 Å². The second kappa shape index (κ2) is 6.62. The number of furan rings is 1. The highest BCUT2D eigenvalue weighted by atomic mass is 32.1. The molecule has 5 nitrogen and oxygen atoms in total. The lowest BCUT2D eigenvalue weighted by molar-refractivity contribution is 0.0911. The van der Waals surface area contributed by atoms with Gasteiger partial charge < -0.3 is 15.1 Å². The molecule has 2 aromatic heterocycles. The van der Waals surface area contributed by atoms with Crippen LogP contribution in [-0.4, -0.2) is 24.9 Å². The van der Waals surface area contributed by atoms with Gasteiger partial charge in [-0.25, -0.2) is 4.39 Å². The van der Waals surface area contributed by atoms with E-state index in [1.165, 1.54) is 29.7 Å². The topological polar surface area (TPSA) is 71.3 Å². The van der Waals surface area contributed by atoms with Crippen molar-refractivity contribution in [3.63, 3.8) is 0 Å². The van der Waals surface area contributed by atoms with Crippen LogP contribution in [0.1, 0.15) is 20.2 Å². The summed E-state index contributed by atoms with van der Waals surface area (Å²) in [6.07, 6.45) is 1.41. The Morgan fingerprint density at radius 1 is 1.09 bits per heavy atom. The molecule has 2 amide bonds. The van der Waals surface area contributed by atoms with Gasteiger partial charge in [0.2, 0.25) is 0 Å². The van der Waals surface area contributed by atoms with Crippen molar-refractivity contribution in [1.82, 2.24) is 10.6 Å². The SMILES string of the molecule is O=C(NCCNC(=O)c1cc2c(F)cccc2s1)c1ccco1. The lowest BCUT2D eigenvalue weighted by Gasteiger charge is -2.04. The molecule has 3 rings (SSSR count). The molecule has 2 N–H and O–H groups in total. The van der Waals surface area contributed by atoms with Crippen LogP contribution in [0.4, 0.5) is 4.39 Å². The number of hydrogen-bond acceptors (Lipinski definition) is 4. The fourth-order valence-corrected chi connectivity index (χ4v) is 3.06. The summed E-state index contributed by atoms with van der Waals surface area (Å²) >= 11 is 1.23. The highest BCUT2D eigenvalue weighted by molar-refractivity contribution is 7.20. The molecule has 23 heavy (non-hydrogen) atoms. The van der Waals surface area contributed by atoms with Crippen LogP contribution in [0.25, 0.3) is 10.1 Å². The summed E-state index contributed by atoms with van der Waals surface area (Å²) in [6.45, 7) is 0.534. The first-order valence-electron chi connectivity index (χ1n) is 6.93. The van der Waals surface area contributed by atoms with Crippen LogP contribution in [-0.2, 0) is 0 Å². The van der Waals surface area contributed by atoms with Crippen LogP contribution in [0, 0.1) is 5.82 Å². The Morgan fingerprint density at radius 3 is 2.57 bits per heavy atom. The third-order valence-corrected chi connectivity index (χ3v) is 4.27. The van der Waals surface area contributed by atoms with E-state index in [9.17, 15) is 14.0 Å². The average Bonchev–Trinajstić information content (AvgIpc) is 3.20. The summed E-state index contributed by atoms with van der Waals surface area (Å²) < 4.78 is 19.3. The van der Waals surface area contributed by atoms with Gasteiger partial charge in [0.15, 0.2) is 5.76 Å². The fraction of sp³-hybridized carbons (Fsp3) is 0.125. The zero-order chi connectivity index (χ0) is 16.2. The Bertz CT molecular complexity index is 842. The largest absolute Gasteiger partial charge is 0.459 e. The molecule has 0 aliphatic carbocycles. The number of thiophene rings is 1. The second-order valence-electron chi connectivity index (χ2n) is 4.75. The van der Waals surface area contributed by atoms with Gasteiger partial charge in [0.1, 0.15) is 5.82 Å².